The number of aromatic nitrogens is 2. The number of carboxylic acid groups (broad SMARTS) is 1. The standard InChI is InChI=1S/C10H9BrN2O3/c11-6-1-2-7-9(10(15)16)12-8(3-4-14)13(7)5-6/h1-2,5,14H,3-4H2,(H,15,16). The molecule has 0 aliphatic carbocycles. The molecule has 6 heteroatoms. The van der Waals surface area contributed by atoms with E-state index >= 15 is 0 Å². The number of hydrogen-bond donors (Lipinski definition) is 2. The second-order valence-electron chi connectivity index (χ2n) is 3.26. The van der Waals surface area contributed by atoms with E-state index in [-0.39, 0.29) is 12.3 Å². The number of carbonyl (C=O) groups is 1. The van der Waals surface area contributed by atoms with Crippen molar-refractivity contribution in [2.75, 3.05) is 6.61 Å². The summed E-state index contributed by atoms with van der Waals surface area (Å²) in [5.74, 6) is -0.528. The van der Waals surface area contributed by atoms with E-state index in [1.807, 2.05) is 0 Å². The van der Waals surface area contributed by atoms with Gasteiger partial charge in [-0.1, -0.05) is 0 Å². The van der Waals surface area contributed by atoms with Crippen LogP contribution in [0.1, 0.15) is 16.3 Å². The zero-order chi connectivity index (χ0) is 11.7. The van der Waals surface area contributed by atoms with Crippen molar-refractivity contribution in [2.45, 2.75) is 6.42 Å². The Hall–Kier alpha value is -1.40. The van der Waals surface area contributed by atoms with Crippen LogP contribution in [-0.4, -0.2) is 32.2 Å². The van der Waals surface area contributed by atoms with Gasteiger partial charge in [0.1, 0.15) is 5.82 Å². The first-order valence-electron chi connectivity index (χ1n) is 4.64. The van der Waals surface area contributed by atoms with Crippen molar-refractivity contribution in [3.05, 3.63) is 34.3 Å². The first kappa shape index (κ1) is 11.1. The Bertz CT molecular complexity index is 550. The Morgan fingerprint density at radius 1 is 1.50 bits per heavy atom. The van der Waals surface area contributed by atoms with Gasteiger partial charge in [-0.05, 0) is 28.1 Å². The van der Waals surface area contributed by atoms with Crippen LogP contribution >= 0.6 is 15.9 Å². The molecule has 0 bridgehead atoms. The number of aliphatic hydroxyl groups excluding tert-OH is 1. The number of nitrogens with zero attached hydrogens (tertiary/aromatic N) is 2. The van der Waals surface area contributed by atoms with E-state index in [0.717, 1.165) is 4.47 Å². The van der Waals surface area contributed by atoms with Crippen molar-refractivity contribution in [1.82, 2.24) is 9.38 Å². The number of aromatic carboxylic acids is 1. The predicted molar refractivity (Wildman–Crippen MR) is 60.6 cm³/mol. The average molecular weight is 285 g/mol. The van der Waals surface area contributed by atoms with Crippen LogP contribution in [0.15, 0.2) is 22.8 Å². The largest absolute Gasteiger partial charge is 0.476 e. The Kier molecular flexibility index (Phi) is 2.93. The van der Waals surface area contributed by atoms with Crippen LogP contribution in [0.25, 0.3) is 5.52 Å². The number of hydrogen-bond acceptors (Lipinski definition) is 3. The molecular weight excluding hydrogens is 276 g/mol. The highest BCUT2D eigenvalue weighted by Gasteiger charge is 2.16. The monoisotopic (exact) mass is 284 g/mol. The highest BCUT2D eigenvalue weighted by Crippen LogP contribution is 2.18. The number of carboxylic acids is 1. The van der Waals surface area contributed by atoms with Gasteiger partial charge in [0.05, 0.1) is 12.1 Å². The molecule has 2 aromatic heterocycles. The lowest BCUT2D eigenvalue weighted by molar-refractivity contribution is 0.0693. The summed E-state index contributed by atoms with van der Waals surface area (Å²) in [5.41, 5.74) is 0.537. The molecule has 2 heterocycles. The summed E-state index contributed by atoms with van der Waals surface area (Å²) in [6.45, 7) is -0.0648. The third kappa shape index (κ3) is 1.81. The second-order valence-corrected chi connectivity index (χ2v) is 4.17. The van der Waals surface area contributed by atoms with E-state index < -0.39 is 5.97 Å². The lowest BCUT2D eigenvalue weighted by atomic mass is 10.3. The first-order chi connectivity index (χ1) is 7.63. The fourth-order valence-corrected chi connectivity index (χ4v) is 1.89. The molecule has 84 valence electrons. The Labute approximate surface area is 99.5 Å². The van der Waals surface area contributed by atoms with E-state index in [2.05, 4.69) is 20.9 Å². The molecule has 2 N–H and O–H groups in total. The second kappa shape index (κ2) is 4.23. The van der Waals surface area contributed by atoms with Crippen LogP contribution in [-0.2, 0) is 6.42 Å². The van der Waals surface area contributed by atoms with E-state index in [4.69, 9.17) is 10.2 Å². The first-order valence-corrected chi connectivity index (χ1v) is 5.43. The number of halogens is 1. The van der Waals surface area contributed by atoms with Crippen LogP contribution in [0.5, 0.6) is 0 Å². The van der Waals surface area contributed by atoms with E-state index in [9.17, 15) is 4.79 Å². The molecule has 0 saturated heterocycles. The van der Waals surface area contributed by atoms with Gasteiger partial charge in [-0.2, -0.15) is 0 Å². The molecule has 0 unspecified atom stereocenters. The van der Waals surface area contributed by atoms with Gasteiger partial charge in [-0.25, -0.2) is 9.78 Å². The smallest absolute Gasteiger partial charge is 0.356 e. The molecule has 0 spiro atoms. The van der Waals surface area contributed by atoms with Crippen LogP contribution < -0.4 is 0 Å². The van der Waals surface area contributed by atoms with Gasteiger partial charge >= 0.3 is 5.97 Å². The molecular formula is C10H9BrN2O3. The lowest BCUT2D eigenvalue weighted by Gasteiger charge is -1.99. The van der Waals surface area contributed by atoms with Crippen LogP contribution in [0, 0.1) is 0 Å². The summed E-state index contributed by atoms with van der Waals surface area (Å²) in [5, 5.41) is 17.9. The zero-order valence-corrected chi connectivity index (χ0v) is 9.81. The lowest BCUT2D eigenvalue weighted by Crippen LogP contribution is -1.98. The summed E-state index contributed by atoms with van der Waals surface area (Å²) in [7, 11) is 0. The third-order valence-electron chi connectivity index (χ3n) is 2.21. The fourth-order valence-electron chi connectivity index (χ4n) is 1.56. The predicted octanol–water partition coefficient (Wildman–Crippen LogP) is 1.33. The van der Waals surface area contributed by atoms with Gasteiger partial charge in [0, 0.05) is 17.1 Å². The van der Waals surface area contributed by atoms with Gasteiger partial charge in [-0.15, -0.1) is 0 Å². The number of fused-ring (bicyclic) bond motifs is 1. The van der Waals surface area contributed by atoms with Gasteiger partial charge in [-0.3, -0.25) is 0 Å². The quantitative estimate of drug-likeness (QED) is 0.892. The van der Waals surface area contributed by atoms with Gasteiger partial charge in [0.25, 0.3) is 0 Å². The maximum atomic E-state index is 11.0. The molecule has 0 atom stereocenters. The zero-order valence-electron chi connectivity index (χ0n) is 8.22. The maximum absolute atomic E-state index is 11.0. The molecule has 0 aliphatic heterocycles. The number of rotatable bonds is 3. The number of aliphatic hydroxyl groups is 1. The molecule has 16 heavy (non-hydrogen) atoms. The van der Waals surface area contributed by atoms with Gasteiger partial charge in [0.2, 0.25) is 0 Å². The number of pyridine rings is 1. The van der Waals surface area contributed by atoms with Crippen molar-refractivity contribution in [1.29, 1.82) is 0 Å². The average Bonchev–Trinajstić information content (AvgIpc) is 2.58. The van der Waals surface area contributed by atoms with Crippen LogP contribution in [0.4, 0.5) is 0 Å². The van der Waals surface area contributed by atoms with E-state index in [1.54, 1.807) is 22.7 Å². The summed E-state index contributed by atoms with van der Waals surface area (Å²) in [4.78, 5) is 15.0. The van der Waals surface area contributed by atoms with E-state index in [1.165, 1.54) is 0 Å². The maximum Gasteiger partial charge on any atom is 0.356 e. The van der Waals surface area contributed by atoms with Crippen molar-refractivity contribution in [3.63, 3.8) is 0 Å². The molecule has 5 nitrogen and oxygen atoms in total. The van der Waals surface area contributed by atoms with Crippen LogP contribution in [0.2, 0.25) is 0 Å². The van der Waals surface area contributed by atoms with Crippen molar-refractivity contribution in [2.24, 2.45) is 0 Å². The number of imidazole rings is 1. The highest BCUT2D eigenvalue weighted by atomic mass is 79.9. The minimum Gasteiger partial charge on any atom is -0.476 e. The van der Waals surface area contributed by atoms with Crippen molar-refractivity contribution < 1.29 is 15.0 Å². The fraction of sp³-hybridized carbons (Fsp3) is 0.200. The van der Waals surface area contributed by atoms with Crippen LogP contribution in [0.3, 0.4) is 0 Å². The molecule has 0 aliphatic rings. The normalized spacial score (nSPS) is 10.9. The Morgan fingerprint density at radius 2 is 2.25 bits per heavy atom. The Balaban J connectivity index is 2.71. The molecule has 0 saturated carbocycles. The highest BCUT2D eigenvalue weighted by molar-refractivity contribution is 9.10. The Morgan fingerprint density at radius 3 is 2.88 bits per heavy atom. The van der Waals surface area contributed by atoms with E-state index in [0.29, 0.717) is 17.8 Å². The summed E-state index contributed by atoms with van der Waals surface area (Å²) in [6.07, 6.45) is 2.06. The topological polar surface area (TPSA) is 74.8 Å². The van der Waals surface area contributed by atoms with Gasteiger partial charge in [0.15, 0.2) is 5.69 Å². The molecule has 0 fully saturated rings. The van der Waals surface area contributed by atoms with Gasteiger partial charge < -0.3 is 14.6 Å². The molecule has 2 rings (SSSR count). The molecule has 0 amide bonds. The SMILES string of the molecule is O=C(O)c1nc(CCO)n2cc(Br)ccc12. The summed E-state index contributed by atoms with van der Waals surface area (Å²) >= 11 is 3.31. The molecule has 0 aromatic carbocycles. The third-order valence-corrected chi connectivity index (χ3v) is 2.68. The van der Waals surface area contributed by atoms with Crippen molar-refractivity contribution in [3.8, 4) is 0 Å². The summed E-state index contributed by atoms with van der Waals surface area (Å²) < 4.78 is 2.50. The molecule has 0 radical (unpaired) electrons. The minimum atomic E-state index is -1.07. The minimum absolute atomic E-state index is 0.0101. The summed E-state index contributed by atoms with van der Waals surface area (Å²) in [6, 6.07) is 3.44. The molecule has 2 aromatic rings. The van der Waals surface area contributed by atoms with Crippen molar-refractivity contribution >= 4 is 27.4 Å².